The zero-order valence-corrected chi connectivity index (χ0v) is 22.7. The van der Waals surface area contributed by atoms with Crippen molar-refractivity contribution in [3.8, 4) is 22.4 Å². The molecule has 0 spiro atoms. The van der Waals surface area contributed by atoms with Crippen LogP contribution in [0.5, 0.6) is 0 Å². The summed E-state index contributed by atoms with van der Waals surface area (Å²) in [5.41, 5.74) is 1.90. The summed E-state index contributed by atoms with van der Waals surface area (Å²) in [6.07, 6.45) is 0.997. The molecule has 1 nitrogen and oxygen atoms in total. The van der Waals surface area contributed by atoms with Gasteiger partial charge in [0.2, 0.25) is 0 Å². The molecule has 4 rings (SSSR count). The highest BCUT2D eigenvalue weighted by molar-refractivity contribution is 8.45. The van der Waals surface area contributed by atoms with Gasteiger partial charge in [0.1, 0.15) is 4.90 Å². The van der Waals surface area contributed by atoms with E-state index in [2.05, 4.69) is 25.8 Å². The summed E-state index contributed by atoms with van der Waals surface area (Å²) < 4.78 is 70.6. The Morgan fingerprint density at radius 2 is 1.35 bits per heavy atom. The number of fused-ring (bicyclic) bond motifs is 1. The standard InChI is InChI=1S/C30H32F5NS/c1-29(2,3)18-20-11-13-21(14-12-20)25-17-27(36-19-28(25)37(31,32,33,34)35)23-15-22-9-7-8-10-24(22)26(16-23)30(4,5)6/h7-17,19H,18H2,1-6H3. The molecule has 0 fully saturated rings. The Morgan fingerprint density at radius 1 is 0.730 bits per heavy atom. The van der Waals surface area contributed by atoms with Crippen molar-refractivity contribution >= 4 is 21.0 Å². The normalized spacial score (nSPS) is 14.9. The number of hydrogen-bond donors (Lipinski definition) is 0. The minimum absolute atomic E-state index is 0.0266. The van der Waals surface area contributed by atoms with Crippen LogP contribution in [-0.4, -0.2) is 4.98 Å². The van der Waals surface area contributed by atoms with Gasteiger partial charge in [-0.15, -0.1) is 0 Å². The summed E-state index contributed by atoms with van der Waals surface area (Å²) in [6.45, 7) is 12.3. The van der Waals surface area contributed by atoms with Crippen LogP contribution in [0.2, 0.25) is 0 Å². The molecule has 198 valence electrons. The zero-order chi connectivity index (χ0) is 27.5. The lowest BCUT2D eigenvalue weighted by atomic mass is 9.82. The molecule has 3 aromatic carbocycles. The molecule has 0 saturated heterocycles. The van der Waals surface area contributed by atoms with E-state index < -0.39 is 20.7 Å². The third kappa shape index (κ3) is 6.15. The highest BCUT2D eigenvalue weighted by Crippen LogP contribution is 3.02. The minimum Gasteiger partial charge on any atom is -0.255 e. The monoisotopic (exact) mass is 533 g/mol. The lowest BCUT2D eigenvalue weighted by Crippen LogP contribution is -2.12. The highest BCUT2D eigenvalue weighted by atomic mass is 32.5. The van der Waals surface area contributed by atoms with Gasteiger partial charge in [0.15, 0.2) is 0 Å². The zero-order valence-electron chi connectivity index (χ0n) is 21.9. The minimum atomic E-state index is -10.0. The largest absolute Gasteiger partial charge is 0.312 e. The van der Waals surface area contributed by atoms with E-state index in [1.807, 2.05) is 57.2 Å². The molecule has 0 aliphatic rings. The third-order valence-corrected chi connectivity index (χ3v) is 7.40. The molecule has 0 saturated carbocycles. The van der Waals surface area contributed by atoms with Crippen LogP contribution >= 0.6 is 10.2 Å². The molecule has 0 N–H and O–H groups in total. The molecular weight excluding hydrogens is 501 g/mol. The molecule has 1 aromatic heterocycles. The van der Waals surface area contributed by atoms with Gasteiger partial charge in [0.05, 0.1) is 11.9 Å². The van der Waals surface area contributed by atoms with Gasteiger partial charge in [0.25, 0.3) is 0 Å². The van der Waals surface area contributed by atoms with Gasteiger partial charge >= 0.3 is 10.2 Å². The Bertz CT molecular complexity index is 1480. The predicted octanol–water partition coefficient (Wildman–Crippen LogP) is 11.1. The van der Waals surface area contributed by atoms with E-state index >= 15 is 0 Å². The summed E-state index contributed by atoms with van der Waals surface area (Å²) in [6, 6.07) is 19.0. The number of nitrogens with zero attached hydrogens (tertiary/aromatic N) is 1. The van der Waals surface area contributed by atoms with Crippen molar-refractivity contribution in [2.24, 2.45) is 5.41 Å². The Morgan fingerprint density at radius 3 is 1.92 bits per heavy atom. The second-order valence-electron chi connectivity index (χ2n) is 12.0. The molecule has 0 aliphatic carbocycles. The Labute approximate surface area is 215 Å². The fraction of sp³-hybridized carbons (Fsp3) is 0.300. The molecule has 0 radical (unpaired) electrons. The third-order valence-electron chi connectivity index (χ3n) is 6.25. The van der Waals surface area contributed by atoms with E-state index in [0.717, 1.165) is 28.0 Å². The second kappa shape index (κ2) is 8.03. The summed E-state index contributed by atoms with van der Waals surface area (Å²) >= 11 is 0. The number of pyridine rings is 1. The van der Waals surface area contributed by atoms with Crippen LogP contribution in [0, 0.1) is 5.41 Å². The van der Waals surface area contributed by atoms with Gasteiger partial charge in [-0.3, -0.25) is 4.98 Å². The molecular formula is C30H32F5NS. The molecule has 37 heavy (non-hydrogen) atoms. The number of benzene rings is 3. The summed E-state index contributed by atoms with van der Waals surface area (Å²) in [5.74, 6) is 0. The maximum absolute atomic E-state index is 14.1. The molecule has 0 atom stereocenters. The van der Waals surface area contributed by atoms with Crippen molar-refractivity contribution < 1.29 is 19.4 Å². The van der Waals surface area contributed by atoms with Crippen LogP contribution in [0.4, 0.5) is 19.4 Å². The van der Waals surface area contributed by atoms with Crippen LogP contribution in [0.3, 0.4) is 0 Å². The summed E-state index contributed by atoms with van der Waals surface area (Å²) in [4.78, 5) is 1.95. The Balaban J connectivity index is 1.94. The summed E-state index contributed by atoms with van der Waals surface area (Å²) in [5, 5.41) is 1.92. The first-order chi connectivity index (χ1) is 16.7. The molecule has 1 heterocycles. The average Bonchev–Trinajstić information content (AvgIpc) is 2.75. The predicted molar refractivity (Wildman–Crippen MR) is 146 cm³/mol. The van der Waals surface area contributed by atoms with Gasteiger partial charge in [-0.25, -0.2) is 0 Å². The average molecular weight is 534 g/mol. The maximum Gasteiger partial charge on any atom is 0.312 e. The molecule has 4 aromatic rings. The van der Waals surface area contributed by atoms with E-state index in [1.165, 1.54) is 12.1 Å². The molecule has 0 aliphatic heterocycles. The topological polar surface area (TPSA) is 12.9 Å². The number of hydrogen-bond acceptors (Lipinski definition) is 1. The number of halogens is 5. The Hall–Kier alpha value is -2.93. The van der Waals surface area contributed by atoms with Crippen molar-refractivity contribution in [3.05, 3.63) is 84.1 Å². The molecule has 0 amide bonds. The number of rotatable bonds is 4. The van der Waals surface area contributed by atoms with Crippen LogP contribution in [0.1, 0.15) is 52.7 Å². The molecule has 0 unspecified atom stereocenters. The Kier molecular flexibility index (Phi) is 5.89. The van der Waals surface area contributed by atoms with Crippen molar-refractivity contribution in [2.75, 3.05) is 0 Å². The van der Waals surface area contributed by atoms with Crippen molar-refractivity contribution in [1.82, 2.24) is 4.98 Å². The van der Waals surface area contributed by atoms with Crippen LogP contribution in [0.15, 0.2) is 77.8 Å². The van der Waals surface area contributed by atoms with Crippen molar-refractivity contribution in [2.45, 2.75) is 58.3 Å². The van der Waals surface area contributed by atoms with Crippen LogP contribution in [0.25, 0.3) is 33.2 Å². The van der Waals surface area contributed by atoms with Gasteiger partial charge in [-0.1, -0.05) is 110 Å². The SMILES string of the molecule is CC(C)(C)Cc1ccc(-c2cc(-c3cc(C(C)(C)C)c4ccccc4c3)ncc2S(F)(F)(F)(F)F)cc1. The van der Waals surface area contributed by atoms with Crippen molar-refractivity contribution in [3.63, 3.8) is 0 Å². The first kappa shape index (κ1) is 27.1. The second-order valence-corrected chi connectivity index (χ2v) is 14.3. The highest BCUT2D eigenvalue weighted by Gasteiger charge is 2.67. The first-order valence-corrected chi connectivity index (χ1v) is 14.0. The lowest BCUT2D eigenvalue weighted by molar-refractivity contribution is 0.364. The van der Waals surface area contributed by atoms with Gasteiger partial charge in [0, 0.05) is 11.1 Å². The van der Waals surface area contributed by atoms with Crippen molar-refractivity contribution in [1.29, 1.82) is 0 Å². The molecule has 7 heteroatoms. The fourth-order valence-electron chi connectivity index (χ4n) is 4.63. The van der Waals surface area contributed by atoms with E-state index in [4.69, 9.17) is 0 Å². The number of aromatic nitrogens is 1. The quantitative estimate of drug-likeness (QED) is 0.238. The lowest BCUT2D eigenvalue weighted by Gasteiger charge is -2.41. The smallest absolute Gasteiger partial charge is 0.255 e. The maximum atomic E-state index is 14.1. The fourth-order valence-corrected chi connectivity index (χ4v) is 5.47. The van der Waals surface area contributed by atoms with Gasteiger partial charge < -0.3 is 0 Å². The van der Waals surface area contributed by atoms with Gasteiger partial charge in [-0.2, -0.15) is 0 Å². The van der Waals surface area contributed by atoms with E-state index in [9.17, 15) is 19.4 Å². The van der Waals surface area contributed by atoms with Gasteiger partial charge in [-0.05, 0) is 62.9 Å². The summed E-state index contributed by atoms with van der Waals surface area (Å²) in [7, 11) is -10.0. The van der Waals surface area contributed by atoms with E-state index in [0.29, 0.717) is 18.2 Å². The van der Waals surface area contributed by atoms with Crippen LogP contribution < -0.4 is 0 Å². The van der Waals surface area contributed by atoms with E-state index in [1.54, 1.807) is 12.1 Å². The first-order valence-electron chi connectivity index (χ1n) is 12.1. The van der Waals surface area contributed by atoms with Crippen LogP contribution in [-0.2, 0) is 11.8 Å². The van der Waals surface area contributed by atoms with E-state index in [-0.39, 0.29) is 22.1 Å². The molecule has 0 bridgehead atoms.